The number of aromatic nitrogens is 1. The standard InChI is InChI=1S/C17H21NO5S/c1-11-7-18-8-12(2)15(11)6-14(19)10-24(21,22)16-5-13(9-23-16)17(3,4)20/h5,7-9,20H,6,10H2,1-4H3. The average molecular weight is 351 g/mol. The van der Waals surface area contributed by atoms with E-state index in [1.165, 1.54) is 26.2 Å². The van der Waals surface area contributed by atoms with E-state index in [0.29, 0.717) is 5.56 Å². The van der Waals surface area contributed by atoms with Crippen LogP contribution in [0.2, 0.25) is 0 Å². The van der Waals surface area contributed by atoms with Crippen molar-refractivity contribution in [2.75, 3.05) is 5.75 Å². The second-order valence-corrected chi connectivity index (χ2v) is 8.36. The Morgan fingerprint density at radius 2 is 1.83 bits per heavy atom. The quantitative estimate of drug-likeness (QED) is 0.856. The number of hydrogen-bond acceptors (Lipinski definition) is 6. The normalized spacial score (nSPS) is 12.4. The maximum absolute atomic E-state index is 12.3. The number of sulfone groups is 1. The van der Waals surface area contributed by atoms with Crippen LogP contribution in [0.1, 0.15) is 36.1 Å². The van der Waals surface area contributed by atoms with E-state index in [9.17, 15) is 18.3 Å². The number of Topliss-reactive ketones (excluding diaryl/α,β-unsaturated/α-hetero) is 1. The molecule has 6 nitrogen and oxygen atoms in total. The molecule has 0 spiro atoms. The molecule has 0 aromatic carbocycles. The molecule has 7 heteroatoms. The van der Waals surface area contributed by atoms with Gasteiger partial charge in [-0.1, -0.05) is 0 Å². The van der Waals surface area contributed by atoms with Crippen LogP contribution in [-0.2, 0) is 26.7 Å². The minimum atomic E-state index is -3.89. The van der Waals surface area contributed by atoms with Crippen molar-refractivity contribution in [1.82, 2.24) is 4.98 Å². The molecule has 0 atom stereocenters. The molecule has 0 unspecified atom stereocenters. The van der Waals surface area contributed by atoms with E-state index in [2.05, 4.69) is 4.98 Å². The van der Waals surface area contributed by atoms with Gasteiger partial charge in [-0.2, -0.15) is 0 Å². The molecule has 0 aliphatic rings. The number of pyridine rings is 1. The molecule has 0 bridgehead atoms. The van der Waals surface area contributed by atoms with Crippen LogP contribution in [0.5, 0.6) is 0 Å². The summed E-state index contributed by atoms with van der Waals surface area (Å²) < 4.78 is 29.7. The summed E-state index contributed by atoms with van der Waals surface area (Å²) >= 11 is 0. The highest BCUT2D eigenvalue weighted by atomic mass is 32.2. The summed E-state index contributed by atoms with van der Waals surface area (Å²) in [4.78, 5) is 16.3. The maximum Gasteiger partial charge on any atom is 0.218 e. The first kappa shape index (κ1) is 18.4. The molecule has 2 aromatic heterocycles. The van der Waals surface area contributed by atoms with Gasteiger partial charge in [0.2, 0.25) is 14.9 Å². The monoisotopic (exact) mass is 351 g/mol. The molecule has 2 rings (SSSR count). The lowest BCUT2D eigenvalue weighted by molar-refractivity contribution is -0.116. The Morgan fingerprint density at radius 1 is 1.25 bits per heavy atom. The zero-order valence-corrected chi connectivity index (χ0v) is 15.0. The number of aryl methyl sites for hydroxylation is 2. The fourth-order valence-corrected chi connectivity index (χ4v) is 3.51. The van der Waals surface area contributed by atoms with Gasteiger partial charge in [0.15, 0.2) is 5.78 Å². The Hall–Kier alpha value is -1.99. The molecular weight excluding hydrogens is 330 g/mol. The maximum atomic E-state index is 12.3. The summed E-state index contributed by atoms with van der Waals surface area (Å²) in [6.45, 7) is 6.71. The molecule has 2 aromatic rings. The van der Waals surface area contributed by atoms with Gasteiger partial charge in [-0.3, -0.25) is 9.78 Å². The van der Waals surface area contributed by atoms with Gasteiger partial charge in [-0.05, 0) is 44.4 Å². The van der Waals surface area contributed by atoms with Gasteiger partial charge in [0, 0.05) is 30.4 Å². The smallest absolute Gasteiger partial charge is 0.218 e. The number of nitrogens with zero attached hydrogens (tertiary/aromatic N) is 1. The van der Waals surface area contributed by atoms with Gasteiger partial charge in [0.1, 0.15) is 5.75 Å². The molecule has 130 valence electrons. The first-order valence-electron chi connectivity index (χ1n) is 7.46. The highest BCUT2D eigenvalue weighted by molar-refractivity contribution is 7.92. The minimum Gasteiger partial charge on any atom is -0.453 e. The molecule has 0 aliphatic carbocycles. The summed E-state index contributed by atoms with van der Waals surface area (Å²) in [5.74, 6) is -1.07. The lowest BCUT2D eigenvalue weighted by atomic mass is 10.0. The highest BCUT2D eigenvalue weighted by Gasteiger charge is 2.27. The van der Waals surface area contributed by atoms with Crippen molar-refractivity contribution in [3.05, 3.63) is 47.0 Å². The van der Waals surface area contributed by atoms with Crippen molar-refractivity contribution in [1.29, 1.82) is 0 Å². The van der Waals surface area contributed by atoms with Gasteiger partial charge in [0.25, 0.3) is 0 Å². The van der Waals surface area contributed by atoms with Crippen LogP contribution in [0.25, 0.3) is 0 Å². The molecule has 0 amide bonds. The number of carbonyl (C=O) groups excluding carboxylic acids is 1. The highest BCUT2D eigenvalue weighted by Crippen LogP contribution is 2.25. The van der Waals surface area contributed by atoms with Crippen LogP contribution in [-0.4, -0.2) is 30.0 Å². The minimum absolute atomic E-state index is 0.0263. The molecule has 0 radical (unpaired) electrons. The second kappa shape index (κ2) is 6.49. The lowest BCUT2D eigenvalue weighted by Crippen LogP contribution is -2.19. The molecule has 0 aliphatic heterocycles. The van der Waals surface area contributed by atoms with E-state index < -0.39 is 27.0 Å². The Labute approximate surface area is 141 Å². The third-order valence-corrected chi connectivity index (χ3v) is 5.33. The van der Waals surface area contributed by atoms with Crippen molar-refractivity contribution in [3.63, 3.8) is 0 Å². The summed E-state index contributed by atoms with van der Waals surface area (Å²) in [7, 11) is -3.89. The van der Waals surface area contributed by atoms with Crippen molar-refractivity contribution >= 4 is 15.6 Å². The second-order valence-electron chi connectivity index (χ2n) is 6.44. The van der Waals surface area contributed by atoms with Crippen molar-refractivity contribution in [2.24, 2.45) is 0 Å². The van der Waals surface area contributed by atoms with Crippen molar-refractivity contribution in [3.8, 4) is 0 Å². The SMILES string of the molecule is Cc1cncc(C)c1CC(=O)CS(=O)(=O)c1cc(C(C)(C)O)co1. The van der Waals surface area contributed by atoms with Crippen LogP contribution in [0.4, 0.5) is 0 Å². The van der Waals surface area contributed by atoms with E-state index in [0.717, 1.165) is 16.7 Å². The molecule has 0 saturated heterocycles. The molecule has 1 N–H and O–H groups in total. The summed E-state index contributed by atoms with van der Waals surface area (Å²) in [5.41, 5.74) is 1.62. The summed E-state index contributed by atoms with van der Waals surface area (Å²) in [5, 5.41) is 9.57. The van der Waals surface area contributed by atoms with Crippen LogP contribution >= 0.6 is 0 Å². The predicted octanol–water partition coefficient (Wildman–Crippen LogP) is 2.10. The molecule has 24 heavy (non-hydrogen) atoms. The topological polar surface area (TPSA) is 97.5 Å². The zero-order chi connectivity index (χ0) is 18.1. The molecule has 0 saturated carbocycles. The third kappa shape index (κ3) is 4.10. The lowest BCUT2D eigenvalue weighted by Gasteiger charge is -2.13. The number of rotatable bonds is 6. The van der Waals surface area contributed by atoms with E-state index in [-0.39, 0.29) is 11.5 Å². The molecule has 2 heterocycles. The fourth-order valence-electron chi connectivity index (χ4n) is 2.34. The Balaban J connectivity index is 2.17. The van der Waals surface area contributed by atoms with E-state index in [4.69, 9.17) is 4.42 Å². The number of aliphatic hydroxyl groups is 1. The van der Waals surface area contributed by atoms with E-state index in [1.807, 2.05) is 13.8 Å². The first-order chi connectivity index (χ1) is 11.0. The van der Waals surface area contributed by atoms with Crippen molar-refractivity contribution < 1.29 is 22.7 Å². The van der Waals surface area contributed by atoms with E-state index in [1.54, 1.807) is 12.4 Å². The fraction of sp³-hybridized carbons (Fsp3) is 0.412. The first-order valence-corrected chi connectivity index (χ1v) is 9.12. The zero-order valence-electron chi connectivity index (χ0n) is 14.2. The van der Waals surface area contributed by atoms with Gasteiger partial charge in [0.05, 0.1) is 11.9 Å². The predicted molar refractivity (Wildman–Crippen MR) is 88.4 cm³/mol. The average Bonchev–Trinajstić information content (AvgIpc) is 2.93. The Kier molecular flexibility index (Phi) is 4.96. The van der Waals surface area contributed by atoms with Gasteiger partial charge >= 0.3 is 0 Å². The van der Waals surface area contributed by atoms with Crippen LogP contribution < -0.4 is 0 Å². The number of hydrogen-bond donors (Lipinski definition) is 1. The largest absolute Gasteiger partial charge is 0.453 e. The number of ketones is 1. The van der Waals surface area contributed by atoms with Gasteiger partial charge < -0.3 is 9.52 Å². The van der Waals surface area contributed by atoms with Crippen molar-refractivity contribution in [2.45, 2.75) is 44.8 Å². The van der Waals surface area contributed by atoms with Gasteiger partial charge in [-0.15, -0.1) is 0 Å². The summed E-state index contributed by atoms with van der Waals surface area (Å²) in [6.07, 6.45) is 4.51. The Bertz CT molecular complexity index is 839. The Morgan fingerprint density at radius 3 is 2.33 bits per heavy atom. The molecule has 0 fully saturated rings. The van der Waals surface area contributed by atoms with Crippen LogP contribution in [0.15, 0.2) is 34.2 Å². The van der Waals surface area contributed by atoms with Crippen LogP contribution in [0, 0.1) is 13.8 Å². The van der Waals surface area contributed by atoms with Gasteiger partial charge in [-0.25, -0.2) is 8.42 Å². The summed E-state index contributed by atoms with van der Waals surface area (Å²) in [6, 6.07) is 1.26. The van der Waals surface area contributed by atoms with E-state index >= 15 is 0 Å². The van der Waals surface area contributed by atoms with Crippen LogP contribution in [0.3, 0.4) is 0 Å². The molecular formula is C17H21NO5S. The number of furan rings is 1. The third-order valence-electron chi connectivity index (χ3n) is 3.80. The number of carbonyl (C=O) groups is 1.